The van der Waals surface area contributed by atoms with Crippen LogP contribution in [-0.4, -0.2) is 55.1 Å². The molecule has 82 valence electrons. The first-order valence-electron chi connectivity index (χ1n) is 4.69. The largest absolute Gasteiger partial charge is 0.379 e. The minimum absolute atomic E-state index is 0.208. The highest BCUT2D eigenvalue weighted by atomic mass is 32.2. The van der Waals surface area contributed by atoms with Crippen molar-refractivity contribution in [2.45, 2.75) is 10.5 Å². The van der Waals surface area contributed by atoms with Crippen molar-refractivity contribution in [3.63, 3.8) is 0 Å². The number of hydrogen-bond acceptors (Lipinski definition) is 5. The summed E-state index contributed by atoms with van der Waals surface area (Å²) in [6, 6.07) is 0. The second-order valence-corrected chi connectivity index (χ2v) is 8.30. The molecule has 0 aromatic heterocycles. The van der Waals surface area contributed by atoms with E-state index in [9.17, 15) is 8.42 Å². The van der Waals surface area contributed by atoms with E-state index in [0.29, 0.717) is 13.2 Å². The highest BCUT2D eigenvalue weighted by Gasteiger charge is 2.37. The number of sulfone groups is 1. The lowest BCUT2D eigenvalue weighted by Gasteiger charge is -2.31. The average molecular weight is 254 g/mol. The van der Waals surface area contributed by atoms with Crippen molar-refractivity contribution in [1.29, 1.82) is 0 Å². The van der Waals surface area contributed by atoms with Gasteiger partial charge in [-0.2, -0.15) is 23.5 Å². The Kier molecular flexibility index (Phi) is 3.68. The van der Waals surface area contributed by atoms with Gasteiger partial charge in [0.15, 0.2) is 9.84 Å². The summed E-state index contributed by atoms with van der Waals surface area (Å²) in [6.07, 6.45) is 0. The molecule has 0 N–H and O–H groups in total. The molecular weight excluding hydrogens is 240 g/mol. The fourth-order valence-electron chi connectivity index (χ4n) is 1.69. The third kappa shape index (κ3) is 2.40. The van der Waals surface area contributed by atoms with E-state index in [1.807, 2.05) is 11.8 Å². The number of thioether (sulfide) groups is 2. The van der Waals surface area contributed by atoms with Crippen LogP contribution in [0, 0.1) is 0 Å². The van der Waals surface area contributed by atoms with Crippen LogP contribution >= 0.6 is 23.5 Å². The summed E-state index contributed by atoms with van der Waals surface area (Å²) in [7, 11) is -2.88. The normalized spacial score (nSPS) is 38.0. The third-order valence-corrected chi connectivity index (χ3v) is 7.73. The Balaban J connectivity index is 2.07. The van der Waals surface area contributed by atoms with Gasteiger partial charge in [-0.1, -0.05) is 0 Å². The van der Waals surface area contributed by atoms with Gasteiger partial charge < -0.3 is 4.74 Å². The second-order valence-electron chi connectivity index (χ2n) is 3.46. The molecule has 0 aromatic rings. The average Bonchev–Trinajstić information content (AvgIpc) is 2.18. The van der Waals surface area contributed by atoms with Gasteiger partial charge in [0, 0.05) is 22.5 Å². The maximum absolute atomic E-state index is 11.8. The van der Waals surface area contributed by atoms with Crippen LogP contribution in [0.15, 0.2) is 0 Å². The molecule has 2 unspecified atom stereocenters. The molecule has 2 atom stereocenters. The van der Waals surface area contributed by atoms with Gasteiger partial charge in [0.25, 0.3) is 0 Å². The first kappa shape index (κ1) is 11.1. The predicted molar refractivity (Wildman–Crippen MR) is 62.0 cm³/mol. The van der Waals surface area contributed by atoms with Crippen molar-refractivity contribution in [1.82, 2.24) is 0 Å². The van der Waals surface area contributed by atoms with E-state index >= 15 is 0 Å². The van der Waals surface area contributed by atoms with Crippen molar-refractivity contribution in [3.8, 4) is 0 Å². The van der Waals surface area contributed by atoms with Crippen molar-refractivity contribution in [2.75, 3.05) is 36.2 Å². The lowest BCUT2D eigenvalue weighted by atomic mass is 10.3. The van der Waals surface area contributed by atoms with Crippen LogP contribution in [0.25, 0.3) is 0 Å². The Morgan fingerprint density at radius 2 is 2.14 bits per heavy atom. The molecule has 14 heavy (non-hydrogen) atoms. The Morgan fingerprint density at radius 1 is 1.29 bits per heavy atom. The Bertz CT molecular complexity index is 282. The monoisotopic (exact) mass is 254 g/mol. The van der Waals surface area contributed by atoms with Crippen LogP contribution in [0.2, 0.25) is 0 Å². The SMILES string of the molecule is O=S1(=O)CCOCC1C1CSCCS1. The molecule has 2 saturated heterocycles. The molecule has 0 spiro atoms. The molecule has 3 nitrogen and oxygen atoms in total. The molecule has 0 radical (unpaired) electrons. The van der Waals surface area contributed by atoms with E-state index in [1.54, 1.807) is 11.8 Å². The quantitative estimate of drug-likeness (QED) is 0.687. The Labute approximate surface area is 93.3 Å². The zero-order chi connectivity index (χ0) is 10.0. The summed E-state index contributed by atoms with van der Waals surface area (Å²) >= 11 is 3.65. The zero-order valence-corrected chi connectivity index (χ0v) is 10.3. The lowest BCUT2D eigenvalue weighted by Crippen LogP contribution is -2.44. The van der Waals surface area contributed by atoms with Gasteiger partial charge in [-0.05, 0) is 0 Å². The van der Waals surface area contributed by atoms with Gasteiger partial charge in [0.05, 0.1) is 24.2 Å². The van der Waals surface area contributed by atoms with Gasteiger partial charge in [0.1, 0.15) is 0 Å². The predicted octanol–water partition coefficient (Wildman–Crippen LogP) is 0.649. The molecular formula is C8H14O3S3. The molecule has 0 aromatic carbocycles. The molecule has 2 aliphatic heterocycles. The summed E-state index contributed by atoms with van der Waals surface area (Å²) < 4.78 is 28.8. The summed E-state index contributed by atoms with van der Waals surface area (Å²) in [6.45, 7) is 0.782. The van der Waals surface area contributed by atoms with E-state index < -0.39 is 9.84 Å². The van der Waals surface area contributed by atoms with Gasteiger partial charge in [-0.25, -0.2) is 8.42 Å². The van der Waals surface area contributed by atoms with Crippen molar-refractivity contribution in [2.24, 2.45) is 0 Å². The first-order valence-corrected chi connectivity index (χ1v) is 8.61. The number of hydrogen-bond donors (Lipinski definition) is 0. The summed E-state index contributed by atoms with van der Waals surface area (Å²) in [5.74, 6) is 3.38. The highest BCUT2D eigenvalue weighted by Crippen LogP contribution is 2.30. The summed E-state index contributed by atoms with van der Waals surface area (Å²) in [5.41, 5.74) is 0. The highest BCUT2D eigenvalue weighted by molar-refractivity contribution is 8.07. The van der Waals surface area contributed by atoms with Crippen LogP contribution in [0.1, 0.15) is 0 Å². The van der Waals surface area contributed by atoms with Crippen LogP contribution in [-0.2, 0) is 14.6 Å². The van der Waals surface area contributed by atoms with E-state index in [4.69, 9.17) is 4.74 Å². The summed E-state index contributed by atoms with van der Waals surface area (Å²) in [4.78, 5) is 0. The molecule has 6 heteroatoms. The maximum atomic E-state index is 11.8. The van der Waals surface area contributed by atoms with Crippen molar-refractivity contribution in [3.05, 3.63) is 0 Å². The summed E-state index contributed by atoms with van der Waals surface area (Å²) in [5, 5.41) is -0.00639. The van der Waals surface area contributed by atoms with Crippen LogP contribution in [0.3, 0.4) is 0 Å². The van der Waals surface area contributed by atoms with Crippen LogP contribution < -0.4 is 0 Å². The molecule has 0 saturated carbocycles. The van der Waals surface area contributed by atoms with E-state index in [2.05, 4.69) is 0 Å². The fraction of sp³-hybridized carbons (Fsp3) is 1.00. The van der Waals surface area contributed by atoms with E-state index in [1.165, 1.54) is 0 Å². The molecule has 0 amide bonds. The molecule has 2 aliphatic rings. The standard InChI is InChI=1S/C8H14O3S3/c9-14(10)4-1-11-5-8(14)7-6-12-2-3-13-7/h7-8H,1-6H2. The second kappa shape index (κ2) is 4.63. The van der Waals surface area contributed by atoms with E-state index in [-0.39, 0.29) is 16.3 Å². The fourth-order valence-corrected chi connectivity index (χ4v) is 6.83. The lowest BCUT2D eigenvalue weighted by molar-refractivity contribution is 0.138. The molecule has 0 bridgehead atoms. The molecule has 2 heterocycles. The van der Waals surface area contributed by atoms with Gasteiger partial charge in [-0.3, -0.25) is 0 Å². The van der Waals surface area contributed by atoms with E-state index in [0.717, 1.165) is 17.3 Å². The molecule has 2 rings (SSSR count). The van der Waals surface area contributed by atoms with Gasteiger partial charge >= 0.3 is 0 Å². The number of ether oxygens (including phenoxy) is 1. The number of rotatable bonds is 1. The van der Waals surface area contributed by atoms with Crippen molar-refractivity contribution < 1.29 is 13.2 Å². The van der Waals surface area contributed by atoms with Gasteiger partial charge in [0.2, 0.25) is 0 Å². The smallest absolute Gasteiger partial charge is 0.158 e. The van der Waals surface area contributed by atoms with Gasteiger partial charge in [-0.15, -0.1) is 0 Å². The maximum Gasteiger partial charge on any atom is 0.158 e. The minimum atomic E-state index is -2.88. The zero-order valence-electron chi connectivity index (χ0n) is 7.85. The first-order chi connectivity index (χ1) is 6.70. The Morgan fingerprint density at radius 3 is 2.79 bits per heavy atom. The van der Waals surface area contributed by atoms with Crippen LogP contribution in [0.4, 0.5) is 0 Å². The third-order valence-electron chi connectivity index (χ3n) is 2.51. The minimum Gasteiger partial charge on any atom is -0.379 e. The van der Waals surface area contributed by atoms with Crippen LogP contribution in [0.5, 0.6) is 0 Å². The Hall–Kier alpha value is 0.610. The van der Waals surface area contributed by atoms with Crippen molar-refractivity contribution >= 4 is 33.4 Å². The molecule has 2 fully saturated rings. The molecule has 0 aliphatic carbocycles. The topological polar surface area (TPSA) is 43.4 Å².